The standard InChI is InChI=1S/C17H16FN5S.C5H11NO2/c18-11-6-12(20)9(7-19)5-13(11)23-16-15-10-3-1-2-4-14(10)24-17(15)22-8-21-16;1-6(5-7)3-4-8-2/h5-8,19H,1-4,20H2,(H,21,22,23);5H,3-4H2,1-2H3. The van der Waals surface area contributed by atoms with E-state index in [1.165, 1.54) is 40.2 Å². The van der Waals surface area contributed by atoms with Crippen LogP contribution in [0.15, 0.2) is 18.5 Å². The quantitative estimate of drug-likeness (QED) is 0.282. The van der Waals surface area contributed by atoms with Gasteiger partial charge < -0.3 is 26.1 Å². The number of benzene rings is 1. The molecule has 0 saturated heterocycles. The van der Waals surface area contributed by atoms with Gasteiger partial charge in [-0.15, -0.1) is 11.3 Å². The van der Waals surface area contributed by atoms with Crippen molar-refractivity contribution in [2.45, 2.75) is 25.7 Å². The van der Waals surface area contributed by atoms with Gasteiger partial charge in [-0.2, -0.15) is 0 Å². The molecule has 0 fully saturated rings. The number of halogens is 1. The van der Waals surface area contributed by atoms with E-state index < -0.39 is 5.82 Å². The monoisotopic (exact) mass is 458 g/mol. The van der Waals surface area contributed by atoms with Crippen molar-refractivity contribution < 1.29 is 13.9 Å². The van der Waals surface area contributed by atoms with Crippen molar-refractivity contribution >= 4 is 51.4 Å². The minimum atomic E-state index is -0.464. The molecule has 2 heterocycles. The second-order valence-electron chi connectivity index (χ2n) is 7.42. The van der Waals surface area contributed by atoms with Crippen LogP contribution in [0.5, 0.6) is 0 Å². The number of nitrogens with zero attached hydrogens (tertiary/aromatic N) is 3. The fourth-order valence-electron chi connectivity index (χ4n) is 3.43. The lowest BCUT2D eigenvalue weighted by Gasteiger charge is -2.13. The van der Waals surface area contributed by atoms with Crippen LogP contribution < -0.4 is 11.1 Å². The van der Waals surface area contributed by atoms with Crippen molar-refractivity contribution in [3.8, 4) is 0 Å². The molecule has 0 atom stereocenters. The summed E-state index contributed by atoms with van der Waals surface area (Å²) in [4.78, 5) is 22.4. The topological polar surface area (TPSA) is 117 Å². The van der Waals surface area contributed by atoms with Crippen LogP contribution >= 0.6 is 11.3 Å². The van der Waals surface area contributed by atoms with Gasteiger partial charge in [0.1, 0.15) is 22.8 Å². The van der Waals surface area contributed by atoms with E-state index in [0.717, 1.165) is 42.1 Å². The number of thiophene rings is 1. The van der Waals surface area contributed by atoms with Crippen molar-refractivity contribution in [1.29, 1.82) is 5.41 Å². The first-order valence-corrected chi connectivity index (χ1v) is 11.1. The number of rotatable bonds is 7. The number of aromatic nitrogens is 2. The number of hydrogen-bond donors (Lipinski definition) is 3. The van der Waals surface area contributed by atoms with E-state index in [2.05, 4.69) is 15.3 Å². The van der Waals surface area contributed by atoms with Crippen molar-refractivity contribution in [3.05, 3.63) is 40.3 Å². The molecule has 0 aliphatic heterocycles. The summed E-state index contributed by atoms with van der Waals surface area (Å²) >= 11 is 1.70. The predicted molar refractivity (Wildman–Crippen MR) is 127 cm³/mol. The van der Waals surface area contributed by atoms with E-state index in [0.29, 0.717) is 24.5 Å². The molecule has 1 amide bonds. The summed E-state index contributed by atoms with van der Waals surface area (Å²) in [5, 5.41) is 11.4. The molecular formula is C22H27FN6O2S. The van der Waals surface area contributed by atoms with Crippen molar-refractivity contribution in [2.24, 2.45) is 0 Å². The summed E-state index contributed by atoms with van der Waals surface area (Å²) < 4.78 is 19.0. The van der Waals surface area contributed by atoms with Crippen LogP contribution in [-0.2, 0) is 22.4 Å². The molecule has 0 unspecified atom stereocenters. The van der Waals surface area contributed by atoms with Crippen LogP contribution in [0.3, 0.4) is 0 Å². The number of carbonyl (C=O) groups is 1. The third-order valence-corrected chi connectivity index (χ3v) is 6.36. The number of anilines is 3. The molecule has 10 heteroatoms. The van der Waals surface area contributed by atoms with Gasteiger partial charge in [0, 0.05) is 43.0 Å². The molecule has 1 aliphatic rings. The van der Waals surface area contributed by atoms with E-state index in [9.17, 15) is 9.18 Å². The Kier molecular flexibility index (Phi) is 8.07. The van der Waals surface area contributed by atoms with Gasteiger partial charge >= 0.3 is 0 Å². The second-order valence-corrected chi connectivity index (χ2v) is 8.51. The summed E-state index contributed by atoms with van der Waals surface area (Å²) in [6.07, 6.45) is 7.82. The number of carbonyl (C=O) groups excluding carboxylic acids is 1. The number of amides is 1. The lowest BCUT2D eigenvalue weighted by molar-refractivity contribution is -0.117. The first-order valence-electron chi connectivity index (χ1n) is 10.2. The Balaban J connectivity index is 0.000000312. The van der Waals surface area contributed by atoms with E-state index in [1.807, 2.05) is 0 Å². The van der Waals surface area contributed by atoms with Gasteiger partial charge in [-0.1, -0.05) is 0 Å². The van der Waals surface area contributed by atoms with Crippen LogP contribution in [0.25, 0.3) is 10.2 Å². The highest BCUT2D eigenvalue weighted by Gasteiger charge is 2.20. The average Bonchev–Trinajstić information content (AvgIpc) is 3.19. The van der Waals surface area contributed by atoms with E-state index in [4.69, 9.17) is 15.9 Å². The third kappa shape index (κ3) is 5.38. The molecule has 4 N–H and O–H groups in total. The molecule has 3 aromatic rings. The minimum Gasteiger partial charge on any atom is -0.398 e. The molecule has 0 bridgehead atoms. The Hall–Kier alpha value is -3.11. The van der Waals surface area contributed by atoms with Gasteiger partial charge in [-0.3, -0.25) is 4.79 Å². The molecule has 0 saturated carbocycles. The molecule has 1 aliphatic carbocycles. The molecule has 170 valence electrons. The molecular weight excluding hydrogens is 431 g/mol. The number of aryl methyl sites for hydroxylation is 2. The number of nitrogens with two attached hydrogens (primary N) is 1. The highest BCUT2D eigenvalue weighted by atomic mass is 32.1. The largest absolute Gasteiger partial charge is 0.398 e. The fraction of sp³-hybridized carbons (Fsp3) is 0.364. The van der Waals surface area contributed by atoms with Crippen LogP contribution in [0.4, 0.5) is 21.6 Å². The Morgan fingerprint density at radius 2 is 2.12 bits per heavy atom. The highest BCUT2D eigenvalue weighted by molar-refractivity contribution is 7.19. The minimum absolute atomic E-state index is 0.244. The molecule has 2 aromatic heterocycles. The van der Waals surface area contributed by atoms with Gasteiger partial charge in [-0.05, 0) is 43.4 Å². The summed E-state index contributed by atoms with van der Waals surface area (Å²) in [7, 11) is 3.32. The van der Waals surface area contributed by atoms with Gasteiger partial charge in [0.25, 0.3) is 0 Å². The number of nitrogens with one attached hydrogen (secondary N) is 2. The number of hydrogen-bond acceptors (Lipinski definition) is 8. The normalized spacial score (nSPS) is 12.5. The Morgan fingerprint density at radius 1 is 1.34 bits per heavy atom. The second kappa shape index (κ2) is 11.0. The van der Waals surface area contributed by atoms with E-state index >= 15 is 0 Å². The number of nitrogen functional groups attached to an aromatic ring is 1. The van der Waals surface area contributed by atoms with Crippen LogP contribution in [-0.4, -0.2) is 54.8 Å². The molecule has 1 aromatic carbocycles. The number of likely N-dealkylation sites (N-methyl/N-ethyl adjacent to an activating group) is 1. The van der Waals surface area contributed by atoms with Crippen molar-refractivity contribution in [2.75, 3.05) is 38.4 Å². The summed E-state index contributed by atoms with van der Waals surface area (Å²) in [5.41, 5.74) is 7.98. The van der Waals surface area contributed by atoms with E-state index in [1.54, 1.807) is 25.5 Å². The van der Waals surface area contributed by atoms with Crippen LogP contribution in [0, 0.1) is 11.2 Å². The van der Waals surface area contributed by atoms with Gasteiger partial charge in [-0.25, -0.2) is 14.4 Å². The molecule has 8 nitrogen and oxygen atoms in total. The molecule has 0 spiro atoms. The van der Waals surface area contributed by atoms with Crippen molar-refractivity contribution in [3.63, 3.8) is 0 Å². The maximum Gasteiger partial charge on any atom is 0.209 e. The Morgan fingerprint density at radius 3 is 2.84 bits per heavy atom. The fourth-order valence-corrected chi connectivity index (χ4v) is 4.66. The molecule has 4 rings (SSSR count). The summed E-state index contributed by atoms with van der Waals surface area (Å²) in [6.45, 7) is 1.27. The van der Waals surface area contributed by atoms with Crippen LogP contribution in [0.2, 0.25) is 0 Å². The first-order chi connectivity index (χ1) is 15.5. The molecule has 32 heavy (non-hydrogen) atoms. The Labute approximate surface area is 190 Å². The maximum absolute atomic E-state index is 14.3. The SMILES string of the molecule is COCCN(C)C=O.N=Cc1cc(Nc2ncnc3sc4c(c23)CCCC4)c(F)cc1N. The van der Waals surface area contributed by atoms with Gasteiger partial charge in [0.05, 0.1) is 17.7 Å². The predicted octanol–water partition coefficient (Wildman–Crippen LogP) is 3.75. The molecule has 0 radical (unpaired) electrons. The third-order valence-electron chi connectivity index (χ3n) is 5.16. The number of methoxy groups -OCH3 is 1. The first kappa shape index (κ1) is 23.6. The lowest BCUT2D eigenvalue weighted by atomic mass is 9.97. The zero-order valence-electron chi connectivity index (χ0n) is 18.2. The van der Waals surface area contributed by atoms with Gasteiger partial charge in [0.15, 0.2) is 0 Å². The summed E-state index contributed by atoms with van der Waals surface area (Å²) in [5.74, 6) is 0.146. The smallest absolute Gasteiger partial charge is 0.209 e. The lowest BCUT2D eigenvalue weighted by Crippen LogP contribution is -2.20. The van der Waals surface area contributed by atoms with E-state index in [-0.39, 0.29) is 11.4 Å². The Bertz CT molecular complexity index is 1100. The average molecular weight is 459 g/mol. The highest BCUT2D eigenvalue weighted by Crippen LogP contribution is 2.39. The zero-order valence-corrected chi connectivity index (χ0v) is 19.0. The van der Waals surface area contributed by atoms with Crippen LogP contribution in [0.1, 0.15) is 28.8 Å². The van der Waals surface area contributed by atoms with Crippen molar-refractivity contribution in [1.82, 2.24) is 14.9 Å². The zero-order chi connectivity index (χ0) is 23.1. The van der Waals surface area contributed by atoms with Gasteiger partial charge in [0.2, 0.25) is 6.41 Å². The maximum atomic E-state index is 14.3. The summed E-state index contributed by atoms with van der Waals surface area (Å²) in [6, 6.07) is 2.76. The number of fused-ring (bicyclic) bond motifs is 3. The number of ether oxygens (including phenoxy) is 1.